The molecule has 0 bridgehead atoms. The van der Waals surface area contributed by atoms with Gasteiger partial charge in [-0.05, 0) is 174 Å². The first kappa shape index (κ1) is 79.2. The van der Waals surface area contributed by atoms with Crippen LogP contribution in [-0.2, 0) is 37.1 Å². The zero-order valence-corrected chi connectivity index (χ0v) is 64.2. The lowest BCUT2D eigenvalue weighted by atomic mass is 10.1. The molecule has 3 aliphatic rings. The van der Waals surface area contributed by atoms with Crippen molar-refractivity contribution in [3.8, 4) is 127 Å². The van der Waals surface area contributed by atoms with E-state index in [-0.39, 0.29) is 83.2 Å². The Morgan fingerprint density at radius 1 is 0.461 bits per heavy atom. The molecule has 3 aliphatic heterocycles. The van der Waals surface area contributed by atoms with Crippen molar-refractivity contribution in [3.05, 3.63) is 211 Å². The summed E-state index contributed by atoms with van der Waals surface area (Å²) in [7, 11) is 4.20. The maximum atomic E-state index is 14.6. The summed E-state index contributed by atoms with van der Waals surface area (Å²) in [4.78, 5) is 82.0. The van der Waals surface area contributed by atoms with Crippen LogP contribution in [0.5, 0.6) is 57.6 Å². The van der Waals surface area contributed by atoms with Crippen LogP contribution in [0.1, 0.15) is 100 Å². The summed E-state index contributed by atoms with van der Waals surface area (Å²) in [6.45, 7) is 11.7. The number of halogens is 3. The summed E-state index contributed by atoms with van der Waals surface area (Å²) >= 11 is 0. The number of carbonyl (C=O) groups is 4. The Morgan fingerprint density at radius 3 is 1.13 bits per heavy atom. The fourth-order valence-electron chi connectivity index (χ4n) is 14.0. The maximum absolute atomic E-state index is 14.6. The molecule has 586 valence electrons. The van der Waals surface area contributed by atoms with Gasteiger partial charge in [-0.25, -0.2) is 19.9 Å². The Balaban J connectivity index is 0.000000150. The molecule has 0 spiro atoms. The second-order valence-corrected chi connectivity index (χ2v) is 26.5. The summed E-state index contributed by atoms with van der Waals surface area (Å²) in [5.74, 6) is 17.8. The van der Waals surface area contributed by atoms with Gasteiger partial charge in [-0.15, -0.1) is 0 Å². The van der Waals surface area contributed by atoms with Gasteiger partial charge in [-0.2, -0.15) is 13.2 Å². The monoisotopic (exact) mass is 1560 g/mol. The number of ether oxygens (including phenoxy) is 8. The van der Waals surface area contributed by atoms with Crippen molar-refractivity contribution in [1.29, 1.82) is 0 Å². The highest BCUT2D eigenvalue weighted by molar-refractivity contribution is 5.95. The normalized spacial score (nSPS) is 14.7. The maximum Gasteiger partial charge on any atom is 0.303 e. The zero-order chi connectivity index (χ0) is 80.8. The lowest BCUT2D eigenvalue weighted by molar-refractivity contribution is -0.142. The molecule has 25 nitrogen and oxygen atoms in total. The van der Waals surface area contributed by atoms with Crippen molar-refractivity contribution in [2.75, 3.05) is 67.2 Å². The molecule has 0 unspecified atom stereocenters. The Hall–Kier alpha value is -13.9. The third-order valence-electron chi connectivity index (χ3n) is 19.4. The van der Waals surface area contributed by atoms with Gasteiger partial charge in [0.1, 0.15) is 58.2 Å². The van der Waals surface area contributed by atoms with E-state index in [1.54, 1.807) is 115 Å². The number of rotatable bonds is 20. The van der Waals surface area contributed by atoms with Gasteiger partial charge in [0.05, 0.1) is 62.7 Å². The van der Waals surface area contributed by atoms with Crippen LogP contribution >= 0.6 is 0 Å². The first-order valence-electron chi connectivity index (χ1n) is 36.9. The van der Waals surface area contributed by atoms with E-state index in [9.17, 15) is 37.5 Å². The van der Waals surface area contributed by atoms with Crippen molar-refractivity contribution in [2.24, 2.45) is 0 Å². The minimum Gasteiger partial charge on any atom is -0.494 e. The lowest BCUT2D eigenvalue weighted by Gasteiger charge is -2.13. The van der Waals surface area contributed by atoms with E-state index < -0.39 is 23.4 Å². The van der Waals surface area contributed by atoms with Crippen LogP contribution in [0, 0.1) is 53.0 Å². The van der Waals surface area contributed by atoms with E-state index >= 15 is 0 Å². The molecule has 0 radical (unpaired) electrons. The molecular weight excluding hydrogens is 1480 g/mol. The molecule has 3 amide bonds. The van der Waals surface area contributed by atoms with Crippen molar-refractivity contribution in [2.45, 2.75) is 84.8 Å². The number of benzene rings is 6. The Kier molecular flexibility index (Phi) is 24.8. The summed E-state index contributed by atoms with van der Waals surface area (Å²) in [5.41, 5.74) is 7.56. The molecule has 28 heteroatoms. The van der Waals surface area contributed by atoms with Crippen LogP contribution in [0.3, 0.4) is 0 Å². The van der Waals surface area contributed by atoms with Crippen LogP contribution in [0.2, 0.25) is 0 Å². The van der Waals surface area contributed by atoms with E-state index in [2.05, 4.69) is 50.5 Å². The van der Waals surface area contributed by atoms with E-state index in [0.717, 1.165) is 58.9 Å². The number of aliphatic hydroxyl groups excluding tert-OH is 1. The van der Waals surface area contributed by atoms with Crippen LogP contribution in [0.15, 0.2) is 165 Å². The van der Waals surface area contributed by atoms with E-state index in [4.69, 9.17) is 52.8 Å². The largest absolute Gasteiger partial charge is 0.494 e. The average Bonchev–Trinajstić information content (AvgIpc) is 1.62. The number of esters is 1. The van der Waals surface area contributed by atoms with Gasteiger partial charge in [0.25, 0.3) is 17.7 Å². The molecule has 6 aromatic carbocycles. The standard InChI is InChI=1S/C30H27FN4O5.C29H27FN4O4.C28H25FN4O4/c1-4-6-26(37)34-15-13-21(17-34)30-33-28(29-23(18-39-19(2)36)32-14-16-35(29)30)20-9-11-22(12-10-20)40-25-8-5-7-24(38-3)27(25)31;1-4-7-24(35)33-16-14-20(18-33)28-32-26(27-29(37-5-2)31-15-17-34(27)28)19-10-12-21(13-11-19)38-23-9-6-8-22(36-3)25(23)30;1-3-5-24(35)32-14-12-19(16-32)28-31-26(27-21(17-34)30-13-15-33(27)28)18-8-10-20(11-9-18)37-23-7-4-6-22(36-2)25(23)29/h5,7-12,14,16,21H,13,15,17-18H2,1-3H3;6,8-13,15,17,20H,5,14,16,18H2,1-3H3;4,6-11,13,15,19,34H,12,14,16-17H2,1-2H3/t21-;20-;19-/m111/s1. The summed E-state index contributed by atoms with van der Waals surface area (Å²) in [6.07, 6.45) is 12.7. The fourth-order valence-corrected chi connectivity index (χ4v) is 14.0. The van der Waals surface area contributed by atoms with Crippen LogP contribution in [-0.4, -0.2) is 154 Å². The topological polar surface area (TPSA) is 263 Å². The van der Waals surface area contributed by atoms with Crippen molar-refractivity contribution in [1.82, 2.24) is 57.8 Å². The highest BCUT2D eigenvalue weighted by Gasteiger charge is 2.35. The molecular formula is C87H79F3N12O13. The first-order chi connectivity index (χ1) is 56.0. The third-order valence-corrected chi connectivity index (χ3v) is 19.4. The second kappa shape index (κ2) is 36.1. The van der Waals surface area contributed by atoms with Crippen molar-refractivity contribution < 1.29 is 75.4 Å². The molecule has 6 aromatic heterocycles. The van der Waals surface area contributed by atoms with Gasteiger partial charge in [0, 0.05) is 118 Å². The Labute approximate surface area is 660 Å². The van der Waals surface area contributed by atoms with Gasteiger partial charge in [0.15, 0.2) is 34.5 Å². The van der Waals surface area contributed by atoms with Gasteiger partial charge in [-0.3, -0.25) is 42.3 Å². The second-order valence-electron chi connectivity index (χ2n) is 26.5. The number of hydrogen-bond acceptors (Lipinski definition) is 19. The van der Waals surface area contributed by atoms with Gasteiger partial charge in [0.2, 0.25) is 23.3 Å². The van der Waals surface area contributed by atoms with Gasteiger partial charge < -0.3 is 57.7 Å². The number of imidazole rings is 3. The summed E-state index contributed by atoms with van der Waals surface area (Å²) in [6, 6.07) is 35.6. The molecule has 1 N–H and O–H groups in total. The van der Waals surface area contributed by atoms with Gasteiger partial charge >= 0.3 is 5.97 Å². The number of fused-ring (bicyclic) bond motifs is 3. The number of nitrogens with zero attached hydrogens (tertiary/aromatic N) is 12. The number of carbonyl (C=O) groups excluding carboxylic acids is 4. The smallest absolute Gasteiger partial charge is 0.303 e. The van der Waals surface area contributed by atoms with E-state index in [0.29, 0.717) is 109 Å². The van der Waals surface area contributed by atoms with E-state index in [1.165, 1.54) is 58.6 Å². The van der Waals surface area contributed by atoms with Crippen molar-refractivity contribution >= 4 is 40.2 Å². The first-order valence-corrected chi connectivity index (χ1v) is 36.9. The molecule has 3 atom stereocenters. The molecule has 15 rings (SSSR count). The average molecular weight is 1560 g/mol. The molecule has 0 aliphatic carbocycles. The minimum absolute atomic E-state index is 0.0106. The molecule has 3 saturated heterocycles. The lowest BCUT2D eigenvalue weighted by Crippen LogP contribution is -2.27. The number of likely N-dealkylation sites (tertiary alicyclic amines) is 3. The predicted octanol–water partition coefficient (Wildman–Crippen LogP) is 14.0. The fraction of sp³-hybridized carbons (Fsp3) is 0.264. The summed E-state index contributed by atoms with van der Waals surface area (Å²) < 4.78 is 93.0. The van der Waals surface area contributed by atoms with Gasteiger partial charge in [-0.1, -0.05) is 36.0 Å². The molecule has 12 aromatic rings. The zero-order valence-electron chi connectivity index (χ0n) is 64.2. The molecule has 9 heterocycles. The number of methoxy groups -OCH3 is 3. The predicted molar refractivity (Wildman–Crippen MR) is 419 cm³/mol. The highest BCUT2D eigenvalue weighted by Crippen LogP contribution is 2.41. The van der Waals surface area contributed by atoms with Crippen LogP contribution in [0.25, 0.3) is 50.3 Å². The SMILES string of the molecule is CC#CC(=O)N1CC[C@@H](c2nc(-c3ccc(Oc4cccc(OC)c4F)cc3)c3c(CO)nccn23)C1.CC#CC(=O)N1CC[C@@H](c2nc(-c3ccc(Oc4cccc(OC)c4F)cc3)c3c(COC(C)=O)nccn23)C1.CC#CC(=O)N1CC[C@@H](c2nc(-c3ccc(Oc4cccc(OC)c4F)cc3)c3c(OCC)nccn23)C1. The van der Waals surface area contributed by atoms with E-state index in [1.807, 2.05) is 75.1 Å². The number of aromatic nitrogens is 9. The molecule has 115 heavy (non-hydrogen) atoms. The number of aliphatic hydroxyl groups is 1. The Morgan fingerprint density at radius 2 is 0.791 bits per heavy atom. The third kappa shape index (κ3) is 17.3. The van der Waals surface area contributed by atoms with Crippen LogP contribution < -0.4 is 33.2 Å². The number of amides is 3. The Bertz CT molecular complexity index is 5820. The quantitative estimate of drug-likeness (QED) is 0.0549. The molecule has 3 fully saturated rings. The van der Waals surface area contributed by atoms with Crippen LogP contribution in [0.4, 0.5) is 13.2 Å². The highest BCUT2D eigenvalue weighted by atomic mass is 19.1. The summed E-state index contributed by atoms with van der Waals surface area (Å²) in [5, 5.41) is 9.99. The molecule has 0 saturated carbocycles. The number of hydrogen-bond donors (Lipinski definition) is 1. The minimum atomic E-state index is -0.589. The van der Waals surface area contributed by atoms with Crippen molar-refractivity contribution in [3.63, 3.8) is 0 Å².